The lowest BCUT2D eigenvalue weighted by molar-refractivity contribution is 0.562. The molecule has 1 aromatic rings. The van der Waals surface area contributed by atoms with Gasteiger partial charge in [-0.15, -0.1) is 0 Å². The van der Waals surface area contributed by atoms with Crippen molar-refractivity contribution < 1.29 is 9.18 Å². The van der Waals surface area contributed by atoms with Gasteiger partial charge in [0.2, 0.25) is 6.08 Å². The van der Waals surface area contributed by atoms with Gasteiger partial charge in [0.25, 0.3) is 0 Å². The Morgan fingerprint density at radius 3 is 2.56 bits per heavy atom. The lowest BCUT2D eigenvalue weighted by atomic mass is 10.1. The number of nitrogens with zero attached hydrogens (tertiary/aromatic N) is 2. The summed E-state index contributed by atoms with van der Waals surface area (Å²) in [5, 5.41) is 0. The van der Waals surface area contributed by atoms with Gasteiger partial charge < -0.3 is 4.90 Å². The van der Waals surface area contributed by atoms with Crippen molar-refractivity contribution in [2.75, 3.05) is 18.0 Å². The van der Waals surface area contributed by atoms with E-state index in [1.165, 1.54) is 25.0 Å². The van der Waals surface area contributed by atoms with Gasteiger partial charge in [0.05, 0.1) is 12.2 Å². The second-order valence-corrected chi connectivity index (χ2v) is 4.59. The first kappa shape index (κ1) is 12.8. The topological polar surface area (TPSA) is 32.7 Å². The fourth-order valence-electron chi connectivity index (χ4n) is 2.34. The van der Waals surface area contributed by atoms with Crippen LogP contribution in [0.5, 0.6) is 0 Å². The van der Waals surface area contributed by atoms with Gasteiger partial charge in [-0.1, -0.05) is 18.9 Å². The summed E-state index contributed by atoms with van der Waals surface area (Å²) in [6, 6.07) is 5.07. The van der Waals surface area contributed by atoms with Crippen molar-refractivity contribution >= 4 is 11.8 Å². The van der Waals surface area contributed by atoms with Crippen LogP contribution in [0.25, 0.3) is 0 Å². The molecule has 2 rings (SSSR count). The van der Waals surface area contributed by atoms with Gasteiger partial charge in [-0.05, 0) is 30.5 Å². The number of hydrogen-bond acceptors (Lipinski definition) is 3. The smallest absolute Gasteiger partial charge is 0.235 e. The minimum atomic E-state index is -0.226. The number of anilines is 1. The van der Waals surface area contributed by atoms with E-state index in [4.69, 9.17) is 0 Å². The largest absolute Gasteiger partial charge is 0.369 e. The Morgan fingerprint density at radius 2 is 1.94 bits per heavy atom. The van der Waals surface area contributed by atoms with Crippen molar-refractivity contribution in [2.24, 2.45) is 4.99 Å². The highest BCUT2D eigenvalue weighted by atomic mass is 19.1. The summed E-state index contributed by atoms with van der Waals surface area (Å²) in [5.74, 6) is -0.226. The van der Waals surface area contributed by atoms with Crippen LogP contribution in [-0.4, -0.2) is 19.2 Å². The number of isocyanates is 1. The predicted octanol–water partition coefficient (Wildman–Crippen LogP) is 3.04. The van der Waals surface area contributed by atoms with Gasteiger partial charge >= 0.3 is 0 Å². The maximum atomic E-state index is 14.0. The average Bonchev–Trinajstić information content (AvgIpc) is 2.65. The van der Waals surface area contributed by atoms with E-state index in [0.29, 0.717) is 11.3 Å². The summed E-state index contributed by atoms with van der Waals surface area (Å²) in [6.07, 6.45) is 6.16. The van der Waals surface area contributed by atoms with Crippen molar-refractivity contribution in [1.29, 1.82) is 0 Å². The van der Waals surface area contributed by atoms with Crippen molar-refractivity contribution in [3.63, 3.8) is 0 Å². The van der Waals surface area contributed by atoms with Gasteiger partial charge in [-0.3, -0.25) is 0 Å². The second-order valence-electron chi connectivity index (χ2n) is 4.59. The van der Waals surface area contributed by atoms with Crippen LogP contribution in [0.3, 0.4) is 0 Å². The third-order valence-corrected chi connectivity index (χ3v) is 3.29. The molecule has 0 atom stereocenters. The molecule has 3 nitrogen and oxygen atoms in total. The van der Waals surface area contributed by atoms with E-state index in [0.717, 1.165) is 25.9 Å². The van der Waals surface area contributed by atoms with Crippen molar-refractivity contribution in [2.45, 2.75) is 32.2 Å². The van der Waals surface area contributed by atoms with Crippen LogP contribution >= 0.6 is 0 Å². The van der Waals surface area contributed by atoms with Crippen LogP contribution in [0, 0.1) is 5.82 Å². The van der Waals surface area contributed by atoms with E-state index in [1.54, 1.807) is 6.07 Å². The molecule has 1 aliphatic rings. The summed E-state index contributed by atoms with van der Waals surface area (Å²) in [4.78, 5) is 15.6. The van der Waals surface area contributed by atoms with Crippen LogP contribution in [0.1, 0.15) is 31.2 Å². The molecule has 1 aliphatic heterocycles. The van der Waals surface area contributed by atoms with Crippen molar-refractivity contribution in [3.05, 3.63) is 29.6 Å². The highest BCUT2D eigenvalue weighted by molar-refractivity contribution is 5.49. The minimum absolute atomic E-state index is 0.195. The van der Waals surface area contributed by atoms with E-state index < -0.39 is 0 Å². The molecule has 18 heavy (non-hydrogen) atoms. The monoisotopic (exact) mass is 248 g/mol. The Balaban J connectivity index is 2.15. The third kappa shape index (κ3) is 3.17. The Morgan fingerprint density at radius 1 is 1.22 bits per heavy atom. The van der Waals surface area contributed by atoms with Gasteiger partial charge in [0.15, 0.2) is 0 Å². The van der Waals surface area contributed by atoms with Crippen LogP contribution in [0.2, 0.25) is 0 Å². The predicted molar refractivity (Wildman–Crippen MR) is 68.9 cm³/mol. The van der Waals surface area contributed by atoms with E-state index >= 15 is 0 Å². The zero-order valence-corrected chi connectivity index (χ0v) is 10.4. The highest BCUT2D eigenvalue weighted by Crippen LogP contribution is 2.23. The molecule has 0 N–H and O–H groups in total. The molecular formula is C14H17FN2O. The number of carbonyl (C=O) groups excluding carboxylic acids is 1. The van der Waals surface area contributed by atoms with Gasteiger partial charge in [-0.25, -0.2) is 14.2 Å². The lowest BCUT2D eigenvalue weighted by Gasteiger charge is -2.23. The SMILES string of the molecule is O=C=NCc1ccc(N2CCCCCC2)c(F)c1. The maximum Gasteiger partial charge on any atom is 0.235 e. The Bertz CT molecular complexity index is 447. The third-order valence-electron chi connectivity index (χ3n) is 3.29. The van der Waals surface area contributed by atoms with E-state index in [-0.39, 0.29) is 12.4 Å². The molecule has 1 fully saturated rings. The lowest BCUT2D eigenvalue weighted by Crippen LogP contribution is -2.24. The molecule has 0 saturated carbocycles. The van der Waals surface area contributed by atoms with Crippen LogP contribution in [0.15, 0.2) is 23.2 Å². The summed E-state index contributed by atoms with van der Waals surface area (Å²) < 4.78 is 14.0. The zero-order valence-electron chi connectivity index (χ0n) is 10.4. The van der Waals surface area contributed by atoms with Gasteiger partial charge in [0.1, 0.15) is 5.82 Å². The molecule has 1 heterocycles. The van der Waals surface area contributed by atoms with Gasteiger partial charge in [0, 0.05) is 13.1 Å². The molecule has 1 saturated heterocycles. The molecule has 0 aromatic heterocycles. The second kappa shape index (κ2) is 6.31. The molecule has 0 aliphatic carbocycles. The van der Waals surface area contributed by atoms with E-state index in [2.05, 4.69) is 9.89 Å². The summed E-state index contributed by atoms with van der Waals surface area (Å²) in [6.45, 7) is 2.03. The van der Waals surface area contributed by atoms with Crippen LogP contribution in [0.4, 0.5) is 10.1 Å². The summed E-state index contributed by atoms with van der Waals surface area (Å²) in [5.41, 5.74) is 1.37. The number of hydrogen-bond donors (Lipinski definition) is 0. The molecule has 96 valence electrons. The molecule has 0 radical (unpaired) electrons. The normalized spacial score (nSPS) is 15.9. The molecular weight excluding hydrogens is 231 g/mol. The average molecular weight is 248 g/mol. The molecule has 0 bridgehead atoms. The molecule has 4 heteroatoms. The Kier molecular flexibility index (Phi) is 4.48. The first-order valence-corrected chi connectivity index (χ1v) is 6.38. The van der Waals surface area contributed by atoms with E-state index in [9.17, 15) is 9.18 Å². The number of halogens is 1. The standard InChI is InChI=1S/C14H17FN2O/c15-13-9-12(10-16-11-18)5-6-14(13)17-7-3-1-2-4-8-17/h5-6,9H,1-4,7-8,10H2. The number of rotatable bonds is 3. The Hall–Kier alpha value is -1.67. The quantitative estimate of drug-likeness (QED) is 0.608. The summed E-state index contributed by atoms with van der Waals surface area (Å²) in [7, 11) is 0. The molecule has 0 spiro atoms. The van der Waals surface area contributed by atoms with Crippen LogP contribution < -0.4 is 4.90 Å². The number of aliphatic imine (C=N–C) groups is 1. The van der Waals surface area contributed by atoms with E-state index in [1.807, 2.05) is 6.07 Å². The zero-order chi connectivity index (χ0) is 12.8. The molecule has 0 unspecified atom stereocenters. The first-order valence-electron chi connectivity index (χ1n) is 6.38. The van der Waals surface area contributed by atoms with Crippen molar-refractivity contribution in [3.8, 4) is 0 Å². The van der Waals surface area contributed by atoms with Gasteiger partial charge in [-0.2, -0.15) is 0 Å². The number of benzene rings is 1. The Labute approximate surface area is 106 Å². The molecule has 0 amide bonds. The highest BCUT2D eigenvalue weighted by Gasteiger charge is 2.13. The fraction of sp³-hybridized carbons (Fsp3) is 0.500. The maximum absolute atomic E-state index is 14.0. The fourth-order valence-corrected chi connectivity index (χ4v) is 2.34. The van der Waals surface area contributed by atoms with Crippen LogP contribution in [-0.2, 0) is 11.3 Å². The summed E-state index contributed by atoms with van der Waals surface area (Å²) >= 11 is 0. The molecule has 1 aromatic carbocycles. The first-order chi connectivity index (χ1) is 8.81. The van der Waals surface area contributed by atoms with Crippen molar-refractivity contribution in [1.82, 2.24) is 0 Å². The minimum Gasteiger partial charge on any atom is -0.369 e.